The van der Waals surface area contributed by atoms with Gasteiger partial charge in [-0.1, -0.05) is 12.1 Å². The van der Waals surface area contributed by atoms with Gasteiger partial charge >= 0.3 is 5.97 Å². The number of phenols is 1. The Kier molecular flexibility index (Phi) is 12.6. The molecule has 0 bridgehead atoms. The van der Waals surface area contributed by atoms with Crippen molar-refractivity contribution in [2.45, 2.75) is 56.8 Å². The van der Waals surface area contributed by atoms with Crippen molar-refractivity contribution in [3.05, 3.63) is 29.8 Å². The number of hydrogen-bond donors (Lipinski definition) is 7. The van der Waals surface area contributed by atoms with Crippen LogP contribution in [0.1, 0.15) is 31.7 Å². The number of nitrogens with one attached hydrogen (secondary N) is 3. The zero-order valence-electron chi connectivity index (χ0n) is 19.7. The smallest absolute Gasteiger partial charge is 0.326 e. The molecule has 4 atom stereocenters. The Labute approximate surface area is 207 Å². The molecule has 4 amide bonds. The second kappa shape index (κ2) is 14.8. The summed E-state index contributed by atoms with van der Waals surface area (Å²) in [5, 5.41) is 26.3. The van der Waals surface area contributed by atoms with E-state index in [1.807, 2.05) is 0 Å². The van der Waals surface area contributed by atoms with Crippen LogP contribution in [-0.4, -0.2) is 76.0 Å². The first-order chi connectivity index (χ1) is 16.4. The standard InChI is InChI=1S/C22H33N5O7S/c1-12(23)19(30)27-17(11-13-3-5-14(28)6-4-13)21(32)25-15(9-10-35-2)20(31)26-16(22(33)34)7-8-18(24)29/h3-6,12,15-17,28H,7-11,23H2,1-2H3,(H2,24,29)(H,25,32)(H,26,31)(H,27,30)(H,33,34). The van der Waals surface area contributed by atoms with Gasteiger partial charge in [0.1, 0.15) is 23.9 Å². The first kappa shape index (κ1) is 29.7. The van der Waals surface area contributed by atoms with Gasteiger partial charge in [-0.2, -0.15) is 11.8 Å². The topological polar surface area (TPSA) is 214 Å². The van der Waals surface area contributed by atoms with Crippen LogP contribution in [0.4, 0.5) is 0 Å². The monoisotopic (exact) mass is 511 g/mol. The molecule has 0 aliphatic rings. The van der Waals surface area contributed by atoms with E-state index in [4.69, 9.17) is 11.5 Å². The molecule has 0 radical (unpaired) electrons. The first-order valence-electron chi connectivity index (χ1n) is 10.9. The van der Waals surface area contributed by atoms with Crippen LogP contribution < -0.4 is 27.4 Å². The van der Waals surface area contributed by atoms with Crippen molar-refractivity contribution in [3.63, 3.8) is 0 Å². The molecular formula is C22H33N5O7S. The van der Waals surface area contributed by atoms with Crippen LogP contribution in [-0.2, 0) is 30.4 Å². The van der Waals surface area contributed by atoms with Gasteiger partial charge in [0.2, 0.25) is 23.6 Å². The summed E-state index contributed by atoms with van der Waals surface area (Å²) in [5.74, 6) is -3.53. The van der Waals surface area contributed by atoms with Gasteiger partial charge in [-0.15, -0.1) is 0 Å². The highest BCUT2D eigenvalue weighted by atomic mass is 32.2. The minimum absolute atomic E-state index is 0.0347. The van der Waals surface area contributed by atoms with Crippen LogP contribution in [0, 0.1) is 0 Å². The lowest BCUT2D eigenvalue weighted by Crippen LogP contribution is -2.57. The number of benzene rings is 1. The molecule has 0 aromatic heterocycles. The Morgan fingerprint density at radius 3 is 1.97 bits per heavy atom. The van der Waals surface area contributed by atoms with Gasteiger partial charge in [-0.25, -0.2) is 4.79 Å². The summed E-state index contributed by atoms with van der Waals surface area (Å²) < 4.78 is 0. The van der Waals surface area contributed by atoms with Crippen LogP contribution in [0.15, 0.2) is 24.3 Å². The fourth-order valence-electron chi connectivity index (χ4n) is 2.97. The van der Waals surface area contributed by atoms with Crippen molar-refractivity contribution >= 4 is 41.4 Å². The second-order valence-corrected chi connectivity index (χ2v) is 8.95. The lowest BCUT2D eigenvalue weighted by Gasteiger charge is -2.25. The number of carbonyl (C=O) groups is 5. The molecule has 35 heavy (non-hydrogen) atoms. The highest BCUT2D eigenvalue weighted by Crippen LogP contribution is 2.12. The molecule has 12 nitrogen and oxygen atoms in total. The summed E-state index contributed by atoms with van der Waals surface area (Å²) in [4.78, 5) is 60.7. The molecule has 0 spiro atoms. The van der Waals surface area contributed by atoms with E-state index in [0.717, 1.165) is 0 Å². The predicted octanol–water partition coefficient (Wildman–Crippen LogP) is -1.16. The Hall–Kier alpha value is -3.32. The highest BCUT2D eigenvalue weighted by molar-refractivity contribution is 7.98. The Morgan fingerprint density at radius 2 is 1.46 bits per heavy atom. The lowest BCUT2D eigenvalue weighted by molar-refractivity contribution is -0.142. The van der Waals surface area contributed by atoms with E-state index < -0.39 is 53.8 Å². The Bertz CT molecular complexity index is 895. The normalized spacial score (nSPS) is 14.1. The first-order valence-corrected chi connectivity index (χ1v) is 12.3. The van der Waals surface area contributed by atoms with Crippen molar-refractivity contribution in [1.29, 1.82) is 0 Å². The van der Waals surface area contributed by atoms with E-state index in [-0.39, 0.29) is 31.4 Å². The van der Waals surface area contributed by atoms with Crippen molar-refractivity contribution in [3.8, 4) is 5.75 Å². The molecule has 0 fully saturated rings. The lowest BCUT2D eigenvalue weighted by atomic mass is 10.0. The number of carbonyl (C=O) groups excluding carboxylic acids is 4. The van der Waals surface area contributed by atoms with Crippen LogP contribution in [0.3, 0.4) is 0 Å². The minimum atomic E-state index is -1.37. The molecule has 9 N–H and O–H groups in total. The van der Waals surface area contributed by atoms with E-state index in [1.54, 1.807) is 18.4 Å². The van der Waals surface area contributed by atoms with Gasteiger partial charge in [-0.3, -0.25) is 19.2 Å². The van der Waals surface area contributed by atoms with Gasteiger partial charge in [0.05, 0.1) is 6.04 Å². The summed E-state index contributed by atoms with van der Waals surface area (Å²) in [5.41, 5.74) is 11.3. The molecule has 4 unspecified atom stereocenters. The zero-order valence-corrected chi connectivity index (χ0v) is 20.5. The number of carboxylic acids is 1. The third-order valence-corrected chi connectivity index (χ3v) is 5.60. The molecule has 1 rings (SSSR count). The molecule has 0 heterocycles. The molecule has 0 aliphatic carbocycles. The number of thioether (sulfide) groups is 1. The third-order valence-electron chi connectivity index (χ3n) is 4.96. The van der Waals surface area contributed by atoms with Crippen molar-refractivity contribution in [2.75, 3.05) is 12.0 Å². The maximum absolute atomic E-state index is 13.1. The molecule has 0 saturated heterocycles. The number of phenolic OH excluding ortho intramolecular Hbond substituents is 1. The number of hydrogen-bond acceptors (Lipinski definition) is 8. The van der Waals surface area contributed by atoms with E-state index in [2.05, 4.69) is 16.0 Å². The van der Waals surface area contributed by atoms with Crippen LogP contribution >= 0.6 is 11.8 Å². The molecule has 0 saturated carbocycles. The van der Waals surface area contributed by atoms with Crippen LogP contribution in [0.25, 0.3) is 0 Å². The van der Waals surface area contributed by atoms with E-state index in [0.29, 0.717) is 11.3 Å². The number of aliphatic carboxylic acids is 1. The average molecular weight is 512 g/mol. The van der Waals surface area contributed by atoms with Gasteiger partial charge in [0.15, 0.2) is 0 Å². The van der Waals surface area contributed by atoms with Crippen molar-refractivity contribution < 1.29 is 34.2 Å². The van der Waals surface area contributed by atoms with Gasteiger partial charge in [0, 0.05) is 12.8 Å². The largest absolute Gasteiger partial charge is 0.508 e. The van der Waals surface area contributed by atoms with E-state index >= 15 is 0 Å². The molecule has 1 aromatic rings. The van der Waals surface area contributed by atoms with E-state index in [1.165, 1.54) is 30.8 Å². The predicted molar refractivity (Wildman–Crippen MR) is 130 cm³/mol. The van der Waals surface area contributed by atoms with Gasteiger partial charge in [-0.05, 0) is 49.5 Å². The van der Waals surface area contributed by atoms with E-state index in [9.17, 15) is 34.2 Å². The quantitative estimate of drug-likeness (QED) is 0.151. The van der Waals surface area contributed by atoms with Crippen molar-refractivity contribution in [1.82, 2.24) is 16.0 Å². The van der Waals surface area contributed by atoms with Gasteiger partial charge < -0.3 is 37.6 Å². The van der Waals surface area contributed by atoms with Crippen molar-refractivity contribution in [2.24, 2.45) is 11.5 Å². The van der Waals surface area contributed by atoms with Crippen LogP contribution in [0.5, 0.6) is 5.75 Å². The Balaban J connectivity index is 3.04. The third kappa shape index (κ3) is 11.1. The number of primary amides is 1. The fourth-order valence-corrected chi connectivity index (χ4v) is 3.44. The highest BCUT2D eigenvalue weighted by Gasteiger charge is 2.30. The maximum Gasteiger partial charge on any atom is 0.326 e. The average Bonchev–Trinajstić information content (AvgIpc) is 2.79. The number of carboxylic acid groups (broad SMARTS) is 1. The molecule has 13 heteroatoms. The minimum Gasteiger partial charge on any atom is -0.508 e. The van der Waals surface area contributed by atoms with Crippen LogP contribution in [0.2, 0.25) is 0 Å². The fraction of sp³-hybridized carbons (Fsp3) is 0.500. The summed E-state index contributed by atoms with van der Waals surface area (Å²) in [7, 11) is 0. The second-order valence-electron chi connectivity index (χ2n) is 7.97. The summed E-state index contributed by atoms with van der Waals surface area (Å²) in [6, 6.07) is 1.60. The molecule has 1 aromatic carbocycles. The molecular weight excluding hydrogens is 478 g/mol. The number of rotatable bonds is 15. The van der Waals surface area contributed by atoms with Gasteiger partial charge in [0.25, 0.3) is 0 Å². The SMILES string of the molecule is CSCCC(NC(=O)C(Cc1ccc(O)cc1)NC(=O)C(C)N)C(=O)NC(CCC(N)=O)C(=O)O. The zero-order chi connectivity index (χ0) is 26.5. The maximum atomic E-state index is 13.1. The molecule has 194 valence electrons. The molecule has 0 aliphatic heterocycles. The summed E-state index contributed by atoms with van der Waals surface area (Å²) in [6.07, 6.45) is 1.61. The Morgan fingerprint density at radius 1 is 0.914 bits per heavy atom. The number of amides is 4. The number of aromatic hydroxyl groups is 1. The number of nitrogens with two attached hydrogens (primary N) is 2. The summed E-state index contributed by atoms with van der Waals surface area (Å²) >= 11 is 1.42. The summed E-state index contributed by atoms with van der Waals surface area (Å²) in [6.45, 7) is 1.46.